The van der Waals surface area contributed by atoms with Crippen LogP contribution < -0.4 is 9.47 Å². The molecule has 0 saturated heterocycles. The van der Waals surface area contributed by atoms with Gasteiger partial charge < -0.3 is 4.90 Å². The fourth-order valence-corrected chi connectivity index (χ4v) is 8.36. The maximum Gasteiger partial charge on any atom is 0.224 e. The first kappa shape index (κ1) is 23.3. The Morgan fingerprint density at radius 2 is 1.78 bits per heavy atom. The predicted molar refractivity (Wildman–Crippen MR) is 157 cm³/mol. The largest absolute Gasteiger partial charge is 0.343 e. The van der Waals surface area contributed by atoms with E-state index in [1.54, 1.807) is 11.1 Å². The minimum absolute atomic E-state index is 0.581. The Hall–Kier alpha value is -2.87. The first-order valence-corrected chi connectivity index (χ1v) is 14.7. The van der Waals surface area contributed by atoms with Crippen molar-refractivity contribution in [1.82, 2.24) is 0 Å². The lowest BCUT2D eigenvalue weighted by Crippen LogP contribution is -2.34. The van der Waals surface area contributed by atoms with Crippen LogP contribution >= 0.6 is 0 Å². The molecule has 0 N–H and O–H groups in total. The summed E-state index contributed by atoms with van der Waals surface area (Å²) in [6.45, 7) is 7.17. The van der Waals surface area contributed by atoms with Crippen molar-refractivity contribution in [3.63, 3.8) is 0 Å². The van der Waals surface area contributed by atoms with Gasteiger partial charge in [0.15, 0.2) is 6.20 Å². The molecule has 2 aliphatic carbocycles. The molecule has 7 rings (SSSR count). The van der Waals surface area contributed by atoms with Crippen molar-refractivity contribution in [2.45, 2.75) is 84.5 Å². The molecule has 0 spiro atoms. The quantitative estimate of drug-likeness (QED) is 0.261. The van der Waals surface area contributed by atoms with E-state index >= 15 is 0 Å². The Balaban J connectivity index is 1.46. The molecular formula is C35H41N2+. The summed E-state index contributed by atoms with van der Waals surface area (Å²) >= 11 is 0. The molecule has 0 bridgehead atoms. The van der Waals surface area contributed by atoms with Gasteiger partial charge in [0.2, 0.25) is 5.69 Å². The van der Waals surface area contributed by atoms with E-state index in [0.29, 0.717) is 11.3 Å². The molecule has 2 nitrogen and oxygen atoms in total. The van der Waals surface area contributed by atoms with Crippen molar-refractivity contribution in [2.75, 3.05) is 11.9 Å². The third-order valence-electron chi connectivity index (χ3n) is 10.8. The van der Waals surface area contributed by atoms with Crippen molar-refractivity contribution < 1.29 is 4.57 Å². The first-order chi connectivity index (χ1) is 18.0. The topological polar surface area (TPSA) is 7.12 Å². The Kier molecular flexibility index (Phi) is 5.23. The minimum Gasteiger partial charge on any atom is -0.343 e. The predicted octanol–water partition coefficient (Wildman–Crippen LogP) is 8.83. The van der Waals surface area contributed by atoms with E-state index in [1.165, 1.54) is 113 Å². The number of hydrogen-bond acceptors (Lipinski definition) is 1. The molecule has 0 amide bonds. The molecule has 2 heteroatoms. The fraction of sp³-hybridized carbons (Fsp3) is 0.457. The van der Waals surface area contributed by atoms with Crippen LogP contribution in [0.25, 0.3) is 32.8 Å². The van der Waals surface area contributed by atoms with Crippen LogP contribution in [0.3, 0.4) is 0 Å². The van der Waals surface area contributed by atoms with E-state index in [0.717, 1.165) is 0 Å². The summed E-state index contributed by atoms with van der Waals surface area (Å²) in [5.41, 5.74) is 12.4. The highest BCUT2D eigenvalue weighted by Gasteiger charge is 2.37. The molecule has 1 saturated carbocycles. The van der Waals surface area contributed by atoms with Gasteiger partial charge in [-0.15, -0.1) is 0 Å². The maximum atomic E-state index is 2.57. The smallest absolute Gasteiger partial charge is 0.224 e. The standard InChI is InChI=1S/C35H41N2/c1-6-35(7-2)17-14-23(15-18-35)26-20-25-16-19-36(4)34-30-22(3)27-12-8-10-24-11-9-13-28(31(24)27)33(30)37(5)29(21-26)32(25)34/h8,10,12,16,19-21,23H,6-7,9,11,13-15,17-18H2,1-5H3/q+1. The number of fused-ring (bicyclic) bond motifs is 3. The van der Waals surface area contributed by atoms with Gasteiger partial charge in [0.1, 0.15) is 7.05 Å². The van der Waals surface area contributed by atoms with Gasteiger partial charge >= 0.3 is 0 Å². The SMILES string of the molecule is CCC1(CC)CCC(c2cc3c4c([n+](C)ccc4c2)-c2c(c4c5c(cccc5c2C)CCC4)N3C)CC1. The van der Waals surface area contributed by atoms with Crippen LogP contribution in [0.4, 0.5) is 11.4 Å². The zero-order valence-corrected chi connectivity index (χ0v) is 23.4. The van der Waals surface area contributed by atoms with Crippen LogP contribution in [0.1, 0.15) is 87.0 Å². The van der Waals surface area contributed by atoms with Crippen molar-refractivity contribution in [3.05, 3.63) is 64.8 Å². The molecule has 2 heterocycles. The van der Waals surface area contributed by atoms with E-state index in [2.05, 4.69) is 86.9 Å². The molecule has 0 atom stereocenters. The molecule has 3 aliphatic rings. The summed E-state index contributed by atoms with van der Waals surface area (Å²) in [6, 6.07) is 14.5. The van der Waals surface area contributed by atoms with Gasteiger partial charge in [-0.2, -0.15) is 0 Å². The molecule has 1 aliphatic heterocycles. The lowest BCUT2D eigenvalue weighted by Gasteiger charge is -2.40. The molecule has 190 valence electrons. The molecule has 1 fully saturated rings. The molecule has 4 aromatic rings. The van der Waals surface area contributed by atoms with Gasteiger partial charge in [0, 0.05) is 13.1 Å². The number of benzene rings is 3. The number of pyridine rings is 1. The van der Waals surface area contributed by atoms with E-state index in [4.69, 9.17) is 0 Å². The maximum absolute atomic E-state index is 2.57. The lowest BCUT2D eigenvalue weighted by molar-refractivity contribution is -0.659. The van der Waals surface area contributed by atoms with E-state index in [-0.39, 0.29) is 0 Å². The summed E-state index contributed by atoms with van der Waals surface area (Å²) in [5.74, 6) is 0.683. The van der Waals surface area contributed by atoms with Gasteiger partial charge in [-0.3, -0.25) is 0 Å². The van der Waals surface area contributed by atoms with Crippen LogP contribution in [0.5, 0.6) is 0 Å². The van der Waals surface area contributed by atoms with Gasteiger partial charge in [-0.25, -0.2) is 4.57 Å². The average molecular weight is 490 g/mol. The van der Waals surface area contributed by atoms with Crippen molar-refractivity contribution >= 4 is 32.9 Å². The number of aromatic nitrogens is 1. The third kappa shape index (κ3) is 3.20. The third-order valence-corrected chi connectivity index (χ3v) is 10.8. The van der Waals surface area contributed by atoms with E-state index < -0.39 is 0 Å². The van der Waals surface area contributed by atoms with Crippen LogP contribution in [0, 0.1) is 12.3 Å². The number of anilines is 2. The normalized spacial score (nSPS) is 18.5. The van der Waals surface area contributed by atoms with Gasteiger partial charge in [-0.1, -0.05) is 51.0 Å². The first-order valence-electron chi connectivity index (χ1n) is 14.7. The van der Waals surface area contributed by atoms with Crippen LogP contribution in [-0.2, 0) is 19.9 Å². The second kappa shape index (κ2) is 8.32. The highest BCUT2D eigenvalue weighted by atomic mass is 15.1. The van der Waals surface area contributed by atoms with E-state index in [9.17, 15) is 0 Å². The van der Waals surface area contributed by atoms with Crippen LogP contribution in [0.15, 0.2) is 42.6 Å². The Labute approximate surface area is 222 Å². The minimum atomic E-state index is 0.581. The monoisotopic (exact) mass is 489 g/mol. The van der Waals surface area contributed by atoms with E-state index in [1.807, 2.05) is 0 Å². The molecular weight excluding hydrogens is 448 g/mol. The number of nitrogens with zero attached hydrogens (tertiary/aromatic N) is 2. The summed E-state index contributed by atoms with van der Waals surface area (Å²) in [5, 5.41) is 5.82. The Bertz CT molecular complexity index is 1560. The van der Waals surface area contributed by atoms with Crippen molar-refractivity contribution in [3.8, 4) is 11.3 Å². The highest BCUT2D eigenvalue weighted by Crippen LogP contribution is 2.54. The molecule has 0 unspecified atom stereocenters. The van der Waals surface area contributed by atoms with Crippen LogP contribution in [0.2, 0.25) is 0 Å². The summed E-state index contributed by atoms with van der Waals surface area (Å²) in [6.07, 6.45) is 14.0. The summed E-state index contributed by atoms with van der Waals surface area (Å²) in [7, 11) is 4.58. The zero-order valence-electron chi connectivity index (χ0n) is 23.4. The van der Waals surface area contributed by atoms with Gasteiger partial charge in [0.25, 0.3) is 0 Å². The van der Waals surface area contributed by atoms with Crippen molar-refractivity contribution in [2.24, 2.45) is 12.5 Å². The summed E-state index contributed by atoms with van der Waals surface area (Å²) < 4.78 is 2.38. The Morgan fingerprint density at radius 1 is 1.00 bits per heavy atom. The lowest BCUT2D eigenvalue weighted by atomic mass is 9.66. The number of rotatable bonds is 3. The molecule has 0 radical (unpaired) electrons. The molecule has 1 aromatic heterocycles. The molecule has 3 aromatic carbocycles. The molecule has 37 heavy (non-hydrogen) atoms. The van der Waals surface area contributed by atoms with Crippen LogP contribution in [-0.4, -0.2) is 7.05 Å². The number of hydrogen-bond donors (Lipinski definition) is 0. The number of aryl methyl sites for hydroxylation is 4. The average Bonchev–Trinajstić information content (AvgIpc) is 2.94. The second-order valence-corrected chi connectivity index (χ2v) is 12.3. The van der Waals surface area contributed by atoms with Crippen molar-refractivity contribution in [1.29, 1.82) is 0 Å². The summed E-state index contributed by atoms with van der Waals surface area (Å²) in [4.78, 5) is 2.57. The Morgan fingerprint density at radius 3 is 2.54 bits per heavy atom. The highest BCUT2D eigenvalue weighted by molar-refractivity contribution is 6.14. The zero-order chi connectivity index (χ0) is 25.5. The van der Waals surface area contributed by atoms with Gasteiger partial charge in [0.05, 0.1) is 22.3 Å². The fourth-order valence-electron chi connectivity index (χ4n) is 8.36. The van der Waals surface area contributed by atoms with Gasteiger partial charge in [-0.05, 0) is 108 Å². The second-order valence-electron chi connectivity index (χ2n) is 12.3.